The van der Waals surface area contributed by atoms with E-state index in [0.717, 1.165) is 11.3 Å². The minimum atomic E-state index is -1.09. The summed E-state index contributed by atoms with van der Waals surface area (Å²) in [6, 6.07) is 4.22. The SMILES string of the molecule is CCO[C@@H]1CN(C(=O)O)[C@H](CCF)[C@@H]1Nc1nc(CC)c(-c2ccc(Cl)cc2Cl)nc1CC. The van der Waals surface area contributed by atoms with Crippen LogP contribution in [0.3, 0.4) is 0 Å². The molecule has 3 atom stereocenters. The van der Waals surface area contributed by atoms with E-state index in [1.54, 1.807) is 12.1 Å². The standard InChI is InChI=1S/C23H29Cl2FN4O3/c1-4-16-20(14-8-7-13(24)11-15(14)25)27-17(5-2)22(28-16)29-21-18(9-10-26)30(23(31)32)12-19(21)33-6-3/h7-8,11,18-19,21H,4-6,9-10,12H2,1-3H3,(H,28,29)(H,31,32)/t18-,19-,21+/m1/s1. The van der Waals surface area contributed by atoms with Crippen molar-refractivity contribution in [3.8, 4) is 11.3 Å². The van der Waals surface area contributed by atoms with E-state index in [9.17, 15) is 14.3 Å². The van der Waals surface area contributed by atoms with Crippen molar-refractivity contribution >= 4 is 35.1 Å². The Balaban J connectivity index is 2.03. The van der Waals surface area contributed by atoms with E-state index in [2.05, 4.69) is 5.32 Å². The molecule has 33 heavy (non-hydrogen) atoms. The molecule has 10 heteroatoms. The number of alkyl halides is 1. The van der Waals surface area contributed by atoms with Gasteiger partial charge in [-0.15, -0.1) is 0 Å². The van der Waals surface area contributed by atoms with Crippen LogP contribution in [0.25, 0.3) is 11.3 Å². The molecule has 0 radical (unpaired) electrons. The largest absolute Gasteiger partial charge is 0.465 e. The molecule has 1 aromatic carbocycles. The average molecular weight is 499 g/mol. The first-order valence-corrected chi connectivity index (χ1v) is 11.9. The number of halogens is 3. The van der Waals surface area contributed by atoms with E-state index in [1.807, 2.05) is 26.8 Å². The second-order valence-corrected chi connectivity index (χ2v) is 8.63. The van der Waals surface area contributed by atoms with Gasteiger partial charge in [-0.2, -0.15) is 0 Å². The van der Waals surface area contributed by atoms with Gasteiger partial charge in [-0.3, -0.25) is 4.39 Å². The normalized spacial score (nSPS) is 20.3. The molecule has 2 N–H and O–H groups in total. The second-order valence-electron chi connectivity index (χ2n) is 7.79. The Kier molecular flexibility index (Phi) is 8.73. The number of anilines is 1. The molecule has 0 aliphatic carbocycles. The third kappa shape index (κ3) is 5.50. The van der Waals surface area contributed by atoms with Crippen LogP contribution < -0.4 is 5.32 Å². The van der Waals surface area contributed by atoms with Crippen LogP contribution >= 0.6 is 23.2 Å². The quantitative estimate of drug-likeness (QED) is 0.475. The molecule has 1 aliphatic heterocycles. The number of benzene rings is 1. The van der Waals surface area contributed by atoms with E-state index in [-0.39, 0.29) is 13.0 Å². The van der Waals surface area contributed by atoms with Crippen LogP contribution in [0.2, 0.25) is 10.0 Å². The molecular weight excluding hydrogens is 470 g/mol. The lowest BCUT2D eigenvalue weighted by Crippen LogP contribution is -2.44. The monoisotopic (exact) mass is 498 g/mol. The summed E-state index contributed by atoms with van der Waals surface area (Å²) in [4.78, 5) is 22.7. The van der Waals surface area contributed by atoms with Crippen molar-refractivity contribution in [2.75, 3.05) is 25.1 Å². The number of nitrogens with zero attached hydrogens (tertiary/aromatic N) is 3. The third-order valence-electron chi connectivity index (χ3n) is 5.82. The van der Waals surface area contributed by atoms with Crippen molar-refractivity contribution in [2.24, 2.45) is 0 Å². The Morgan fingerprint density at radius 3 is 2.55 bits per heavy atom. The van der Waals surface area contributed by atoms with Crippen LogP contribution in [0.5, 0.6) is 0 Å². The number of carboxylic acid groups (broad SMARTS) is 1. The maximum Gasteiger partial charge on any atom is 0.407 e. The summed E-state index contributed by atoms with van der Waals surface area (Å²) in [6.07, 6.45) is -0.258. The number of nitrogens with one attached hydrogen (secondary N) is 1. The zero-order valence-electron chi connectivity index (χ0n) is 18.9. The van der Waals surface area contributed by atoms with E-state index < -0.39 is 31.0 Å². The number of ether oxygens (including phenoxy) is 1. The lowest BCUT2D eigenvalue weighted by atomic mass is 10.0. The molecule has 0 unspecified atom stereocenters. The highest BCUT2D eigenvalue weighted by Gasteiger charge is 2.45. The molecule has 1 aliphatic rings. The van der Waals surface area contributed by atoms with E-state index in [4.69, 9.17) is 37.9 Å². The number of amides is 1. The van der Waals surface area contributed by atoms with Gasteiger partial charge in [0.1, 0.15) is 5.82 Å². The van der Waals surface area contributed by atoms with E-state index in [1.165, 1.54) is 4.90 Å². The lowest BCUT2D eigenvalue weighted by Gasteiger charge is -2.28. The number of aryl methyl sites for hydroxylation is 2. The smallest absolute Gasteiger partial charge is 0.407 e. The topological polar surface area (TPSA) is 87.6 Å². The highest BCUT2D eigenvalue weighted by atomic mass is 35.5. The summed E-state index contributed by atoms with van der Waals surface area (Å²) in [5.74, 6) is 0.550. The predicted molar refractivity (Wildman–Crippen MR) is 128 cm³/mol. The van der Waals surface area contributed by atoms with Crippen LogP contribution in [0.4, 0.5) is 15.0 Å². The first-order chi connectivity index (χ1) is 15.8. The van der Waals surface area contributed by atoms with Gasteiger partial charge >= 0.3 is 6.09 Å². The van der Waals surface area contributed by atoms with Gasteiger partial charge in [0, 0.05) is 17.2 Å². The summed E-state index contributed by atoms with van der Waals surface area (Å²) >= 11 is 12.5. The minimum Gasteiger partial charge on any atom is -0.465 e. The molecule has 180 valence electrons. The Hall–Kier alpha value is -2.16. The highest BCUT2D eigenvalue weighted by molar-refractivity contribution is 6.36. The lowest BCUT2D eigenvalue weighted by molar-refractivity contribution is 0.0627. The fourth-order valence-electron chi connectivity index (χ4n) is 4.28. The molecule has 1 saturated heterocycles. The molecule has 1 fully saturated rings. The fourth-order valence-corrected chi connectivity index (χ4v) is 4.78. The van der Waals surface area contributed by atoms with Gasteiger partial charge in [0.2, 0.25) is 0 Å². The van der Waals surface area contributed by atoms with Crippen LogP contribution in [0.15, 0.2) is 18.2 Å². The van der Waals surface area contributed by atoms with Gasteiger partial charge in [-0.1, -0.05) is 37.0 Å². The van der Waals surface area contributed by atoms with Gasteiger partial charge in [-0.05, 0) is 44.4 Å². The third-order valence-corrected chi connectivity index (χ3v) is 6.37. The van der Waals surface area contributed by atoms with Crippen LogP contribution in [0.1, 0.15) is 38.6 Å². The average Bonchev–Trinajstić information content (AvgIpc) is 3.11. The highest BCUT2D eigenvalue weighted by Crippen LogP contribution is 2.34. The summed E-state index contributed by atoms with van der Waals surface area (Å²) in [5, 5.41) is 14.0. The maximum atomic E-state index is 13.3. The van der Waals surface area contributed by atoms with Gasteiger partial charge in [0.15, 0.2) is 0 Å². The van der Waals surface area contributed by atoms with Crippen LogP contribution in [-0.2, 0) is 17.6 Å². The van der Waals surface area contributed by atoms with Gasteiger partial charge in [0.25, 0.3) is 0 Å². The maximum absolute atomic E-state index is 13.3. The Bertz CT molecular complexity index is 994. The van der Waals surface area contributed by atoms with Crippen molar-refractivity contribution < 1.29 is 19.0 Å². The van der Waals surface area contributed by atoms with Gasteiger partial charge in [0.05, 0.1) is 53.5 Å². The minimum absolute atomic E-state index is 0.0710. The molecule has 0 bridgehead atoms. The molecule has 0 saturated carbocycles. The van der Waals surface area contributed by atoms with Gasteiger partial charge < -0.3 is 20.1 Å². The number of likely N-dealkylation sites (tertiary alicyclic amines) is 1. The summed E-state index contributed by atoms with van der Waals surface area (Å²) in [7, 11) is 0. The molecule has 2 heterocycles. The molecule has 1 aromatic heterocycles. The van der Waals surface area contributed by atoms with Gasteiger partial charge in [-0.25, -0.2) is 14.8 Å². The molecule has 3 rings (SSSR count). The molecule has 2 aromatic rings. The summed E-state index contributed by atoms with van der Waals surface area (Å²) in [5.41, 5.74) is 2.87. The van der Waals surface area contributed by atoms with Crippen LogP contribution in [0, 0.1) is 0 Å². The Morgan fingerprint density at radius 1 is 1.24 bits per heavy atom. The first-order valence-electron chi connectivity index (χ1n) is 11.1. The first kappa shape index (κ1) is 25.5. The number of hydrogen-bond donors (Lipinski definition) is 2. The molecular formula is C23H29Cl2FN4O3. The second kappa shape index (κ2) is 11.3. The number of hydrogen-bond acceptors (Lipinski definition) is 5. The summed E-state index contributed by atoms with van der Waals surface area (Å²) < 4.78 is 19.2. The Morgan fingerprint density at radius 2 is 1.97 bits per heavy atom. The fraction of sp³-hybridized carbons (Fsp3) is 0.522. The van der Waals surface area contributed by atoms with Crippen molar-refractivity contribution in [1.82, 2.24) is 14.9 Å². The number of rotatable bonds is 9. The zero-order valence-corrected chi connectivity index (χ0v) is 20.5. The van der Waals surface area contributed by atoms with Crippen molar-refractivity contribution in [1.29, 1.82) is 0 Å². The summed E-state index contributed by atoms with van der Waals surface area (Å²) in [6.45, 7) is 5.74. The van der Waals surface area contributed by atoms with E-state index >= 15 is 0 Å². The van der Waals surface area contributed by atoms with Crippen LogP contribution in [-0.4, -0.2) is 64.1 Å². The number of carbonyl (C=O) groups is 1. The molecule has 7 nitrogen and oxygen atoms in total. The molecule has 1 amide bonds. The van der Waals surface area contributed by atoms with E-state index in [0.29, 0.717) is 46.7 Å². The molecule has 0 spiro atoms. The predicted octanol–water partition coefficient (Wildman–Crippen LogP) is 5.48. The van der Waals surface area contributed by atoms with Crippen molar-refractivity contribution in [3.63, 3.8) is 0 Å². The number of aromatic nitrogens is 2. The zero-order chi connectivity index (χ0) is 24.1. The van der Waals surface area contributed by atoms with Crippen molar-refractivity contribution in [3.05, 3.63) is 39.6 Å². The van der Waals surface area contributed by atoms with Crippen molar-refractivity contribution in [2.45, 2.75) is 58.2 Å². The Labute approximate surface area is 203 Å².